The lowest BCUT2D eigenvalue weighted by molar-refractivity contribution is -0.119. The van der Waals surface area contributed by atoms with E-state index in [0.717, 1.165) is 19.3 Å². The SMILES string of the molecule is CC[C@H](C)C(=O)Nc1ccc(S(=O)(=O)N2CCCC2)cc1. The molecule has 0 spiro atoms. The fourth-order valence-electron chi connectivity index (χ4n) is 2.24. The van der Waals surface area contributed by atoms with Crippen molar-refractivity contribution in [2.24, 2.45) is 5.92 Å². The first-order chi connectivity index (χ1) is 9.95. The van der Waals surface area contributed by atoms with Crippen LogP contribution in [0.4, 0.5) is 5.69 Å². The Morgan fingerprint density at radius 3 is 2.33 bits per heavy atom. The number of anilines is 1. The third kappa shape index (κ3) is 3.63. The first-order valence-electron chi connectivity index (χ1n) is 7.36. The predicted molar refractivity (Wildman–Crippen MR) is 82.5 cm³/mol. The number of carbonyl (C=O) groups excluding carboxylic acids is 1. The Morgan fingerprint density at radius 1 is 1.24 bits per heavy atom. The largest absolute Gasteiger partial charge is 0.326 e. The zero-order chi connectivity index (χ0) is 15.5. The summed E-state index contributed by atoms with van der Waals surface area (Å²) in [5.74, 6) is -0.106. The number of rotatable bonds is 5. The van der Waals surface area contributed by atoms with Gasteiger partial charge in [-0.15, -0.1) is 0 Å². The van der Waals surface area contributed by atoms with Gasteiger partial charge in [0, 0.05) is 24.7 Å². The van der Waals surface area contributed by atoms with Crippen molar-refractivity contribution in [3.8, 4) is 0 Å². The van der Waals surface area contributed by atoms with E-state index in [4.69, 9.17) is 0 Å². The van der Waals surface area contributed by atoms with Gasteiger partial charge in [-0.2, -0.15) is 4.31 Å². The summed E-state index contributed by atoms with van der Waals surface area (Å²) in [6.07, 6.45) is 2.61. The predicted octanol–water partition coefficient (Wildman–Crippen LogP) is 2.46. The molecular weight excluding hydrogens is 288 g/mol. The van der Waals surface area contributed by atoms with Crippen LogP contribution in [0.1, 0.15) is 33.1 Å². The lowest BCUT2D eigenvalue weighted by Crippen LogP contribution is -2.27. The molecular formula is C15H22N2O3S. The molecule has 1 heterocycles. The Balaban J connectivity index is 2.10. The molecule has 1 amide bonds. The lowest BCUT2D eigenvalue weighted by Gasteiger charge is -2.16. The van der Waals surface area contributed by atoms with E-state index in [-0.39, 0.29) is 16.7 Å². The highest BCUT2D eigenvalue weighted by Gasteiger charge is 2.26. The van der Waals surface area contributed by atoms with Crippen LogP contribution >= 0.6 is 0 Å². The molecule has 0 saturated carbocycles. The van der Waals surface area contributed by atoms with Gasteiger partial charge in [-0.1, -0.05) is 13.8 Å². The average molecular weight is 310 g/mol. The quantitative estimate of drug-likeness (QED) is 0.908. The van der Waals surface area contributed by atoms with Crippen molar-refractivity contribution < 1.29 is 13.2 Å². The van der Waals surface area contributed by atoms with Crippen LogP contribution in [0.3, 0.4) is 0 Å². The van der Waals surface area contributed by atoms with Gasteiger partial charge < -0.3 is 5.32 Å². The zero-order valence-corrected chi connectivity index (χ0v) is 13.3. The number of nitrogens with one attached hydrogen (secondary N) is 1. The summed E-state index contributed by atoms with van der Waals surface area (Å²) in [7, 11) is -3.38. The van der Waals surface area contributed by atoms with Crippen LogP contribution in [0.2, 0.25) is 0 Å². The van der Waals surface area contributed by atoms with E-state index in [0.29, 0.717) is 18.8 Å². The van der Waals surface area contributed by atoms with Gasteiger partial charge in [0.05, 0.1) is 4.90 Å². The van der Waals surface area contributed by atoms with Crippen LogP contribution in [-0.4, -0.2) is 31.7 Å². The second-order valence-electron chi connectivity index (χ2n) is 5.43. The van der Waals surface area contributed by atoms with Gasteiger partial charge in [0.25, 0.3) is 0 Å². The molecule has 1 aliphatic rings. The molecule has 116 valence electrons. The molecule has 21 heavy (non-hydrogen) atoms. The summed E-state index contributed by atoms with van der Waals surface area (Å²) in [4.78, 5) is 12.1. The highest BCUT2D eigenvalue weighted by atomic mass is 32.2. The molecule has 0 radical (unpaired) electrons. The Morgan fingerprint density at radius 2 is 1.81 bits per heavy atom. The van der Waals surface area contributed by atoms with E-state index in [1.54, 1.807) is 24.3 Å². The van der Waals surface area contributed by atoms with Crippen molar-refractivity contribution >= 4 is 21.6 Å². The van der Waals surface area contributed by atoms with E-state index >= 15 is 0 Å². The number of benzene rings is 1. The molecule has 0 aromatic heterocycles. The lowest BCUT2D eigenvalue weighted by atomic mass is 10.1. The monoisotopic (exact) mass is 310 g/mol. The summed E-state index contributed by atoms with van der Waals surface area (Å²) >= 11 is 0. The molecule has 1 aromatic rings. The molecule has 1 N–H and O–H groups in total. The van der Waals surface area contributed by atoms with Crippen LogP contribution in [0, 0.1) is 5.92 Å². The highest BCUT2D eigenvalue weighted by Crippen LogP contribution is 2.22. The molecule has 2 rings (SSSR count). The van der Waals surface area contributed by atoms with Crippen LogP contribution in [0.25, 0.3) is 0 Å². The Labute approximate surface area is 126 Å². The maximum absolute atomic E-state index is 12.4. The van der Waals surface area contributed by atoms with Crippen molar-refractivity contribution in [2.75, 3.05) is 18.4 Å². The third-order valence-corrected chi connectivity index (χ3v) is 5.80. The van der Waals surface area contributed by atoms with Gasteiger partial charge in [0.2, 0.25) is 15.9 Å². The Hall–Kier alpha value is -1.40. The molecule has 0 aliphatic carbocycles. The summed E-state index contributed by atoms with van der Waals surface area (Å²) < 4.78 is 26.2. The molecule has 1 aromatic carbocycles. The summed E-state index contributed by atoms with van der Waals surface area (Å²) in [5, 5.41) is 2.79. The first-order valence-corrected chi connectivity index (χ1v) is 8.80. The normalized spacial score (nSPS) is 17.6. The zero-order valence-electron chi connectivity index (χ0n) is 12.5. The van der Waals surface area contributed by atoms with Crippen LogP contribution in [-0.2, 0) is 14.8 Å². The molecule has 1 fully saturated rings. The molecule has 1 atom stereocenters. The molecule has 0 bridgehead atoms. The second-order valence-corrected chi connectivity index (χ2v) is 7.37. The molecule has 1 aliphatic heterocycles. The van der Waals surface area contributed by atoms with Crippen LogP contribution < -0.4 is 5.32 Å². The van der Waals surface area contributed by atoms with E-state index in [1.807, 2.05) is 13.8 Å². The summed E-state index contributed by atoms with van der Waals surface area (Å²) in [5.41, 5.74) is 0.626. The smallest absolute Gasteiger partial charge is 0.243 e. The van der Waals surface area contributed by atoms with Gasteiger partial charge in [-0.3, -0.25) is 4.79 Å². The minimum atomic E-state index is -3.38. The standard InChI is InChI=1S/C15H22N2O3S/c1-3-12(2)15(18)16-13-6-8-14(9-7-13)21(19,20)17-10-4-5-11-17/h6-9,12H,3-5,10-11H2,1-2H3,(H,16,18)/t12-/m0/s1. The van der Waals surface area contributed by atoms with E-state index in [2.05, 4.69) is 5.32 Å². The number of nitrogens with zero attached hydrogens (tertiary/aromatic N) is 1. The molecule has 6 heteroatoms. The first kappa shape index (κ1) is 16.0. The van der Waals surface area contributed by atoms with Crippen LogP contribution in [0.5, 0.6) is 0 Å². The van der Waals surface area contributed by atoms with Gasteiger partial charge >= 0.3 is 0 Å². The van der Waals surface area contributed by atoms with Crippen molar-refractivity contribution in [1.82, 2.24) is 4.31 Å². The minimum absolute atomic E-state index is 0.0485. The van der Waals surface area contributed by atoms with Crippen molar-refractivity contribution in [3.05, 3.63) is 24.3 Å². The fraction of sp³-hybridized carbons (Fsp3) is 0.533. The number of carbonyl (C=O) groups is 1. The molecule has 5 nitrogen and oxygen atoms in total. The number of sulfonamides is 1. The summed E-state index contributed by atoms with van der Waals surface area (Å²) in [6.45, 7) is 5.00. The highest BCUT2D eigenvalue weighted by molar-refractivity contribution is 7.89. The second kappa shape index (κ2) is 6.58. The van der Waals surface area contributed by atoms with Gasteiger partial charge in [0.1, 0.15) is 0 Å². The Bertz CT molecular complexity index is 590. The number of hydrogen-bond acceptors (Lipinski definition) is 3. The van der Waals surface area contributed by atoms with Crippen LogP contribution in [0.15, 0.2) is 29.2 Å². The summed E-state index contributed by atoms with van der Waals surface area (Å²) in [6, 6.07) is 6.40. The fourth-order valence-corrected chi connectivity index (χ4v) is 3.76. The van der Waals surface area contributed by atoms with Gasteiger partial charge in [-0.05, 0) is 43.5 Å². The third-order valence-electron chi connectivity index (χ3n) is 3.88. The maximum atomic E-state index is 12.4. The van der Waals surface area contributed by atoms with E-state index < -0.39 is 10.0 Å². The van der Waals surface area contributed by atoms with E-state index in [9.17, 15) is 13.2 Å². The van der Waals surface area contributed by atoms with Crippen molar-refractivity contribution in [2.45, 2.75) is 38.0 Å². The van der Waals surface area contributed by atoms with Crippen molar-refractivity contribution in [1.29, 1.82) is 0 Å². The number of amides is 1. The molecule has 0 unspecified atom stereocenters. The maximum Gasteiger partial charge on any atom is 0.243 e. The minimum Gasteiger partial charge on any atom is -0.326 e. The molecule has 1 saturated heterocycles. The topological polar surface area (TPSA) is 66.5 Å². The Kier molecular flexibility index (Phi) is 5.00. The average Bonchev–Trinajstić information content (AvgIpc) is 3.02. The number of hydrogen-bond donors (Lipinski definition) is 1. The van der Waals surface area contributed by atoms with Crippen molar-refractivity contribution in [3.63, 3.8) is 0 Å². The van der Waals surface area contributed by atoms with E-state index in [1.165, 1.54) is 4.31 Å². The van der Waals surface area contributed by atoms with Gasteiger partial charge in [0.15, 0.2) is 0 Å². The van der Waals surface area contributed by atoms with Gasteiger partial charge in [-0.25, -0.2) is 8.42 Å².